The summed E-state index contributed by atoms with van der Waals surface area (Å²) in [4.78, 5) is 6.08. The molecule has 0 aliphatic carbocycles. The molecule has 270 valence electrons. The van der Waals surface area contributed by atoms with Gasteiger partial charge in [0, 0.05) is 43.1 Å². The Labute approximate surface area is 332 Å². The Morgan fingerprint density at radius 2 is 0.414 bits per heavy atom. The van der Waals surface area contributed by atoms with Gasteiger partial charge in [-0.25, -0.2) is 4.98 Å². The maximum atomic E-state index is 6.08. The van der Waals surface area contributed by atoms with Crippen molar-refractivity contribution in [1.29, 1.82) is 0 Å². The second kappa shape index (κ2) is 11.8. The number of rotatable bonds is 4. The summed E-state index contributed by atoms with van der Waals surface area (Å²) in [5.41, 5.74) is 10.9. The average Bonchev–Trinajstić information content (AvgIpc) is 4.01. The Balaban J connectivity index is 1.31. The summed E-state index contributed by atoms with van der Waals surface area (Å²) in [6, 6.07) is 72.4. The van der Waals surface area contributed by atoms with Crippen molar-refractivity contribution in [3.63, 3.8) is 0 Å². The third-order valence-electron chi connectivity index (χ3n) is 12.2. The van der Waals surface area contributed by atoms with Gasteiger partial charge >= 0.3 is 0 Å². The standard InChI is InChI=1S/C53H33N5/c1-9-25-42-34(17-1)35-18-2-10-26-43(35)55(42)50-33-51(56-44-27-11-3-19-36(44)37-20-4-12-28-45(37)56)53(58-48-31-15-7-23-40(48)41-24-8-16-32-49(41)58)54-52(50)57-46-29-13-5-21-38(46)39-22-6-14-30-47(39)57/h1-33H. The molecule has 0 bridgehead atoms. The SMILES string of the molecule is c1ccc2c(c1)c1ccccc1n2-c1cc(-n2c3ccccc3c3ccccc32)c(-n2c3ccccc3c3ccccc32)nc1-n1c2ccccc2c2ccccc21. The van der Waals surface area contributed by atoms with Crippen LogP contribution in [0.25, 0.3) is 110 Å². The molecule has 0 saturated carbocycles. The van der Waals surface area contributed by atoms with Crippen molar-refractivity contribution in [2.75, 3.05) is 0 Å². The van der Waals surface area contributed by atoms with Gasteiger partial charge in [-0.2, -0.15) is 0 Å². The van der Waals surface area contributed by atoms with E-state index in [9.17, 15) is 0 Å². The van der Waals surface area contributed by atoms with E-state index in [2.05, 4.69) is 218 Å². The molecule has 0 aliphatic rings. The van der Waals surface area contributed by atoms with Crippen LogP contribution in [0.3, 0.4) is 0 Å². The number of aromatic nitrogens is 5. The normalized spacial score (nSPS) is 12.1. The van der Waals surface area contributed by atoms with Crippen LogP contribution in [0.2, 0.25) is 0 Å². The molecule has 0 aliphatic heterocycles. The summed E-state index contributed by atoms with van der Waals surface area (Å²) >= 11 is 0. The van der Waals surface area contributed by atoms with Crippen LogP contribution in [-0.2, 0) is 0 Å². The molecule has 0 fully saturated rings. The zero-order chi connectivity index (χ0) is 37.9. The highest BCUT2D eigenvalue weighted by atomic mass is 15.2. The molecule has 0 atom stereocenters. The first-order valence-electron chi connectivity index (χ1n) is 19.8. The summed E-state index contributed by atoms with van der Waals surface area (Å²) in [5, 5.41) is 9.59. The van der Waals surface area contributed by atoms with Gasteiger partial charge < -0.3 is 9.13 Å². The van der Waals surface area contributed by atoms with Gasteiger partial charge in [0.05, 0.1) is 55.5 Å². The summed E-state index contributed by atoms with van der Waals surface area (Å²) in [5.74, 6) is 1.70. The molecule has 0 saturated heterocycles. The molecule has 5 nitrogen and oxygen atoms in total. The summed E-state index contributed by atoms with van der Waals surface area (Å²) in [7, 11) is 0. The van der Waals surface area contributed by atoms with Gasteiger partial charge in [0.15, 0.2) is 11.6 Å². The molecule has 5 heterocycles. The zero-order valence-corrected chi connectivity index (χ0v) is 31.3. The van der Waals surface area contributed by atoms with E-state index in [-0.39, 0.29) is 0 Å². The first-order chi connectivity index (χ1) is 28.8. The lowest BCUT2D eigenvalue weighted by atomic mass is 10.2. The van der Waals surface area contributed by atoms with Crippen molar-refractivity contribution < 1.29 is 0 Å². The number of benzene rings is 8. The van der Waals surface area contributed by atoms with Crippen LogP contribution >= 0.6 is 0 Å². The number of hydrogen-bond donors (Lipinski definition) is 0. The fourth-order valence-electron chi connectivity index (χ4n) is 9.80. The summed E-state index contributed by atoms with van der Waals surface area (Å²) < 4.78 is 9.64. The summed E-state index contributed by atoms with van der Waals surface area (Å²) in [6.07, 6.45) is 0. The van der Waals surface area contributed by atoms with Crippen LogP contribution in [0, 0.1) is 0 Å². The molecule has 0 spiro atoms. The van der Waals surface area contributed by atoms with Gasteiger partial charge in [-0.15, -0.1) is 0 Å². The Morgan fingerprint density at radius 3 is 0.638 bits per heavy atom. The summed E-state index contributed by atoms with van der Waals surface area (Å²) in [6.45, 7) is 0. The fourth-order valence-corrected chi connectivity index (χ4v) is 9.80. The van der Waals surface area contributed by atoms with Crippen LogP contribution in [0.1, 0.15) is 0 Å². The van der Waals surface area contributed by atoms with Crippen LogP contribution in [0.15, 0.2) is 200 Å². The third kappa shape index (κ3) is 4.17. The van der Waals surface area contributed by atoms with E-state index in [4.69, 9.17) is 4.98 Å². The van der Waals surface area contributed by atoms with Crippen molar-refractivity contribution in [3.8, 4) is 23.0 Å². The molecular formula is C53H33N5. The molecular weight excluding hydrogens is 707 g/mol. The number of para-hydroxylation sites is 8. The highest BCUT2D eigenvalue weighted by Crippen LogP contribution is 2.43. The fraction of sp³-hybridized carbons (Fsp3) is 0. The molecule has 5 aromatic heterocycles. The minimum Gasteiger partial charge on any atom is -0.306 e. The molecule has 8 aromatic carbocycles. The Bertz CT molecular complexity index is 3100. The average molecular weight is 740 g/mol. The lowest BCUT2D eigenvalue weighted by Gasteiger charge is -2.22. The lowest BCUT2D eigenvalue weighted by Crippen LogP contribution is -2.13. The molecule has 5 heteroatoms. The van der Waals surface area contributed by atoms with Crippen molar-refractivity contribution in [3.05, 3.63) is 200 Å². The van der Waals surface area contributed by atoms with E-state index < -0.39 is 0 Å². The minimum absolute atomic E-state index is 0.852. The van der Waals surface area contributed by atoms with Crippen molar-refractivity contribution in [1.82, 2.24) is 23.3 Å². The topological polar surface area (TPSA) is 32.6 Å². The highest BCUT2D eigenvalue weighted by Gasteiger charge is 2.27. The Morgan fingerprint density at radius 1 is 0.224 bits per heavy atom. The molecule has 13 rings (SSSR count). The number of fused-ring (bicyclic) bond motifs is 12. The second-order valence-electron chi connectivity index (χ2n) is 15.2. The van der Waals surface area contributed by atoms with Crippen LogP contribution in [0.5, 0.6) is 0 Å². The number of pyridine rings is 1. The quantitative estimate of drug-likeness (QED) is 0.177. The third-order valence-corrected chi connectivity index (χ3v) is 12.2. The van der Waals surface area contributed by atoms with Gasteiger partial charge in [0.1, 0.15) is 0 Å². The van der Waals surface area contributed by atoms with E-state index in [1.165, 1.54) is 43.1 Å². The zero-order valence-electron chi connectivity index (χ0n) is 31.3. The molecule has 0 N–H and O–H groups in total. The molecule has 13 aromatic rings. The van der Waals surface area contributed by atoms with E-state index in [1.54, 1.807) is 0 Å². The maximum Gasteiger partial charge on any atom is 0.164 e. The number of nitrogens with zero attached hydrogens (tertiary/aromatic N) is 5. The first kappa shape index (κ1) is 31.3. The predicted molar refractivity (Wildman–Crippen MR) is 242 cm³/mol. The van der Waals surface area contributed by atoms with Gasteiger partial charge in [0.2, 0.25) is 0 Å². The largest absolute Gasteiger partial charge is 0.306 e. The Kier molecular flexibility index (Phi) is 6.38. The monoisotopic (exact) mass is 739 g/mol. The lowest BCUT2D eigenvalue weighted by molar-refractivity contribution is 0.958. The van der Waals surface area contributed by atoms with Crippen molar-refractivity contribution in [2.45, 2.75) is 0 Å². The molecule has 58 heavy (non-hydrogen) atoms. The van der Waals surface area contributed by atoms with E-state index in [1.807, 2.05) is 0 Å². The molecule has 0 amide bonds. The predicted octanol–water partition coefficient (Wildman–Crippen LogP) is 13.5. The highest BCUT2D eigenvalue weighted by molar-refractivity contribution is 6.14. The second-order valence-corrected chi connectivity index (χ2v) is 15.2. The van der Waals surface area contributed by atoms with Crippen LogP contribution in [-0.4, -0.2) is 23.3 Å². The van der Waals surface area contributed by atoms with Crippen LogP contribution < -0.4 is 0 Å². The van der Waals surface area contributed by atoms with Crippen molar-refractivity contribution >= 4 is 87.2 Å². The minimum atomic E-state index is 0.852. The van der Waals surface area contributed by atoms with Gasteiger partial charge in [0.25, 0.3) is 0 Å². The van der Waals surface area contributed by atoms with E-state index in [0.29, 0.717) is 0 Å². The van der Waals surface area contributed by atoms with E-state index in [0.717, 1.165) is 67.1 Å². The Hall–Kier alpha value is -7.89. The first-order valence-corrected chi connectivity index (χ1v) is 19.8. The smallest absolute Gasteiger partial charge is 0.164 e. The van der Waals surface area contributed by atoms with Gasteiger partial charge in [-0.05, 0) is 54.6 Å². The number of hydrogen-bond acceptors (Lipinski definition) is 1. The van der Waals surface area contributed by atoms with Crippen molar-refractivity contribution in [2.24, 2.45) is 0 Å². The van der Waals surface area contributed by atoms with Gasteiger partial charge in [-0.3, -0.25) is 9.13 Å². The molecule has 0 radical (unpaired) electrons. The van der Waals surface area contributed by atoms with Gasteiger partial charge in [-0.1, -0.05) is 146 Å². The molecule has 0 unspecified atom stereocenters. The van der Waals surface area contributed by atoms with E-state index >= 15 is 0 Å². The maximum absolute atomic E-state index is 6.08. The van der Waals surface area contributed by atoms with Crippen LogP contribution in [0.4, 0.5) is 0 Å².